The molecule has 62 valence electrons. The van der Waals surface area contributed by atoms with Gasteiger partial charge in [-0.25, -0.2) is 0 Å². The lowest BCUT2D eigenvalue weighted by Gasteiger charge is -2.11. The monoisotopic (exact) mass is 154 g/mol. The van der Waals surface area contributed by atoms with Gasteiger partial charge in [-0.1, -0.05) is 6.92 Å². The van der Waals surface area contributed by atoms with Gasteiger partial charge < -0.3 is 5.11 Å². The second kappa shape index (κ2) is 3.70. The van der Waals surface area contributed by atoms with Gasteiger partial charge in [0.25, 0.3) is 0 Å². The molecular weight excluding hydrogens is 140 g/mol. The van der Waals surface area contributed by atoms with Gasteiger partial charge in [0.05, 0.1) is 12.2 Å². The quantitative estimate of drug-likeness (QED) is 0.618. The second-order valence-corrected chi connectivity index (χ2v) is 3.21. The van der Waals surface area contributed by atoms with E-state index in [2.05, 4.69) is 11.0 Å². The maximum Gasteiger partial charge on any atom is 0.0704 e. The van der Waals surface area contributed by atoms with Crippen LogP contribution in [0, 0.1) is 17.2 Å². The Morgan fingerprint density at radius 2 is 2.36 bits per heavy atom. The van der Waals surface area contributed by atoms with Crippen molar-refractivity contribution in [3.05, 3.63) is 0 Å². The third kappa shape index (κ3) is 2.18. The van der Waals surface area contributed by atoms with E-state index in [4.69, 9.17) is 5.26 Å². The number of β-amino-alcohol motifs (C(OH)–C–C–N with tert-alkyl or cyclic N) is 1. The number of likely N-dealkylation sites (tertiary alicyclic amines) is 1. The molecular formula is C8H14N2O. The molecule has 0 amide bonds. The summed E-state index contributed by atoms with van der Waals surface area (Å²) >= 11 is 0. The van der Waals surface area contributed by atoms with E-state index in [1.165, 1.54) is 0 Å². The summed E-state index contributed by atoms with van der Waals surface area (Å²) in [4.78, 5) is 2.14. The Kier molecular flexibility index (Phi) is 2.86. The van der Waals surface area contributed by atoms with E-state index in [1.807, 2.05) is 6.92 Å². The third-order valence-corrected chi connectivity index (χ3v) is 2.19. The van der Waals surface area contributed by atoms with Gasteiger partial charge in [0, 0.05) is 26.1 Å². The summed E-state index contributed by atoms with van der Waals surface area (Å²) in [7, 11) is 0. The summed E-state index contributed by atoms with van der Waals surface area (Å²) in [6, 6.07) is 2.10. The van der Waals surface area contributed by atoms with Crippen LogP contribution in [0.25, 0.3) is 0 Å². The van der Waals surface area contributed by atoms with Gasteiger partial charge in [-0.3, -0.25) is 4.90 Å². The van der Waals surface area contributed by atoms with Gasteiger partial charge >= 0.3 is 0 Å². The van der Waals surface area contributed by atoms with Crippen molar-refractivity contribution >= 4 is 0 Å². The number of aliphatic hydroxyl groups is 1. The molecule has 1 aliphatic rings. The van der Waals surface area contributed by atoms with Crippen molar-refractivity contribution in [2.45, 2.75) is 19.4 Å². The van der Waals surface area contributed by atoms with Gasteiger partial charge in [-0.2, -0.15) is 5.26 Å². The minimum atomic E-state index is -0.186. The molecule has 0 radical (unpaired) electrons. The fourth-order valence-corrected chi connectivity index (χ4v) is 1.44. The number of hydrogen-bond donors (Lipinski definition) is 1. The number of aliphatic hydroxyl groups excluding tert-OH is 1. The van der Waals surface area contributed by atoms with Gasteiger partial charge in [-0.15, -0.1) is 0 Å². The van der Waals surface area contributed by atoms with Crippen molar-refractivity contribution in [3.8, 4) is 6.07 Å². The summed E-state index contributed by atoms with van der Waals surface area (Å²) < 4.78 is 0. The van der Waals surface area contributed by atoms with E-state index >= 15 is 0 Å². The van der Waals surface area contributed by atoms with E-state index in [1.54, 1.807) is 0 Å². The maximum absolute atomic E-state index is 9.34. The zero-order chi connectivity index (χ0) is 8.27. The van der Waals surface area contributed by atoms with Crippen LogP contribution in [0.3, 0.4) is 0 Å². The molecule has 3 heteroatoms. The summed E-state index contributed by atoms with van der Waals surface area (Å²) in [5, 5.41) is 17.7. The van der Waals surface area contributed by atoms with Gasteiger partial charge in [0.2, 0.25) is 0 Å². The first-order chi connectivity index (χ1) is 5.24. The van der Waals surface area contributed by atoms with E-state index in [0.717, 1.165) is 19.6 Å². The van der Waals surface area contributed by atoms with Crippen molar-refractivity contribution in [2.24, 2.45) is 5.92 Å². The molecule has 0 aromatic rings. The summed E-state index contributed by atoms with van der Waals surface area (Å²) in [5.74, 6) is 0.369. The molecule has 0 bridgehead atoms. The van der Waals surface area contributed by atoms with Gasteiger partial charge in [0.15, 0.2) is 0 Å². The Labute approximate surface area is 67.2 Å². The van der Waals surface area contributed by atoms with Crippen LogP contribution in [0.2, 0.25) is 0 Å². The molecule has 1 N–H and O–H groups in total. The van der Waals surface area contributed by atoms with Crippen molar-refractivity contribution in [2.75, 3.05) is 19.6 Å². The van der Waals surface area contributed by atoms with Gasteiger partial charge in [0.1, 0.15) is 0 Å². The minimum Gasteiger partial charge on any atom is -0.391 e. The molecule has 0 aromatic carbocycles. The molecule has 1 rings (SSSR count). The molecule has 0 aromatic heterocycles. The highest BCUT2D eigenvalue weighted by atomic mass is 16.3. The Morgan fingerprint density at radius 3 is 2.82 bits per heavy atom. The van der Waals surface area contributed by atoms with Crippen molar-refractivity contribution in [3.63, 3.8) is 0 Å². The Hall–Kier alpha value is -0.590. The van der Waals surface area contributed by atoms with E-state index in [9.17, 15) is 5.11 Å². The average Bonchev–Trinajstić information content (AvgIpc) is 2.28. The van der Waals surface area contributed by atoms with Crippen LogP contribution in [0.15, 0.2) is 0 Å². The first kappa shape index (κ1) is 8.51. The van der Waals surface area contributed by atoms with Crippen molar-refractivity contribution < 1.29 is 5.11 Å². The van der Waals surface area contributed by atoms with Crippen LogP contribution < -0.4 is 0 Å². The lowest BCUT2D eigenvalue weighted by molar-refractivity contribution is 0.148. The number of nitriles is 1. The molecule has 2 unspecified atom stereocenters. The molecule has 1 saturated heterocycles. The van der Waals surface area contributed by atoms with Crippen LogP contribution in [-0.2, 0) is 0 Å². The molecule has 0 saturated carbocycles. The number of hydrogen-bond acceptors (Lipinski definition) is 3. The maximum atomic E-state index is 9.34. The molecule has 1 aliphatic heterocycles. The predicted molar refractivity (Wildman–Crippen MR) is 41.8 cm³/mol. The average molecular weight is 154 g/mol. The molecule has 1 heterocycles. The zero-order valence-corrected chi connectivity index (χ0v) is 6.82. The Bertz CT molecular complexity index is 154. The standard InChI is InChI=1S/C8H14N2O/c1-7-5-10(4-2-3-9)6-8(7)11/h7-8,11H,2,4-6H2,1H3. The SMILES string of the molecule is CC1CN(CCC#N)CC1O. The van der Waals surface area contributed by atoms with E-state index < -0.39 is 0 Å². The highest BCUT2D eigenvalue weighted by Crippen LogP contribution is 2.15. The van der Waals surface area contributed by atoms with E-state index in [0.29, 0.717) is 12.3 Å². The fourth-order valence-electron chi connectivity index (χ4n) is 1.44. The van der Waals surface area contributed by atoms with Crippen LogP contribution in [0.5, 0.6) is 0 Å². The highest BCUT2D eigenvalue weighted by Gasteiger charge is 2.26. The summed E-state index contributed by atoms with van der Waals surface area (Å²) in [5.41, 5.74) is 0. The normalized spacial score (nSPS) is 32.1. The first-order valence-corrected chi connectivity index (χ1v) is 4.01. The molecule has 0 aliphatic carbocycles. The molecule has 3 nitrogen and oxygen atoms in total. The topological polar surface area (TPSA) is 47.3 Å². The van der Waals surface area contributed by atoms with Crippen LogP contribution >= 0.6 is 0 Å². The predicted octanol–water partition coefficient (Wildman–Crippen LogP) is 0.213. The van der Waals surface area contributed by atoms with E-state index in [-0.39, 0.29) is 6.10 Å². The third-order valence-electron chi connectivity index (χ3n) is 2.19. The fraction of sp³-hybridized carbons (Fsp3) is 0.875. The largest absolute Gasteiger partial charge is 0.391 e. The Balaban J connectivity index is 2.25. The van der Waals surface area contributed by atoms with Gasteiger partial charge in [-0.05, 0) is 5.92 Å². The second-order valence-electron chi connectivity index (χ2n) is 3.21. The lowest BCUT2D eigenvalue weighted by atomic mass is 10.1. The van der Waals surface area contributed by atoms with Crippen LogP contribution in [-0.4, -0.2) is 35.7 Å². The molecule has 2 atom stereocenters. The summed E-state index contributed by atoms with van der Waals surface area (Å²) in [6.45, 7) is 4.51. The molecule has 0 spiro atoms. The Morgan fingerprint density at radius 1 is 1.64 bits per heavy atom. The van der Waals surface area contributed by atoms with Crippen molar-refractivity contribution in [1.82, 2.24) is 4.90 Å². The number of rotatable bonds is 2. The molecule has 11 heavy (non-hydrogen) atoms. The first-order valence-electron chi connectivity index (χ1n) is 4.01. The number of nitrogens with zero attached hydrogens (tertiary/aromatic N) is 2. The summed E-state index contributed by atoms with van der Waals surface area (Å²) in [6.07, 6.45) is 0.382. The highest BCUT2D eigenvalue weighted by molar-refractivity contribution is 4.82. The van der Waals surface area contributed by atoms with Crippen LogP contribution in [0.4, 0.5) is 0 Å². The van der Waals surface area contributed by atoms with Crippen LogP contribution in [0.1, 0.15) is 13.3 Å². The smallest absolute Gasteiger partial charge is 0.0704 e. The van der Waals surface area contributed by atoms with Crippen molar-refractivity contribution in [1.29, 1.82) is 5.26 Å². The molecule has 1 fully saturated rings. The zero-order valence-electron chi connectivity index (χ0n) is 6.82. The lowest BCUT2D eigenvalue weighted by Crippen LogP contribution is -2.22. The minimum absolute atomic E-state index is 0.186.